The summed E-state index contributed by atoms with van der Waals surface area (Å²) in [6, 6.07) is 0. The molecule has 4 unspecified atom stereocenters. The fourth-order valence-corrected chi connectivity index (χ4v) is 4.90. The van der Waals surface area contributed by atoms with Gasteiger partial charge in [-0.3, -0.25) is 15.4 Å². The van der Waals surface area contributed by atoms with Gasteiger partial charge in [0, 0.05) is 0 Å². The van der Waals surface area contributed by atoms with Crippen LogP contribution in [0.15, 0.2) is 5.18 Å². The van der Waals surface area contributed by atoms with Gasteiger partial charge in [0.15, 0.2) is 0 Å². The first-order valence-electron chi connectivity index (χ1n) is 8.48. The molecular formula is C16H26IN3O4. The first kappa shape index (κ1) is 18.5. The zero-order valence-electron chi connectivity index (χ0n) is 14.5. The number of alkyl halides is 1. The third kappa shape index (κ3) is 3.22. The lowest BCUT2D eigenvalue weighted by Crippen LogP contribution is -2.50. The Labute approximate surface area is 155 Å². The van der Waals surface area contributed by atoms with Gasteiger partial charge in [-0.25, -0.2) is 0 Å². The molecule has 3 fully saturated rings. The molecule has 24 heavy (non-hydrogen) atoms. The molecule has 7 nitrogen and oxygen atoms in total. The van der Waals surface area contributed by atoms with Crippen molar-refractivity contribution in [3.8, 4) is 0 Å². The lowest BCUT2D eigenvalue weighted by atomic mass is 9.64. The number of carbonyl (C=O) groups excluding carboxylic acids is 1. The van der Waals surface area contributed by atoms with Crippen LogP contribution < -0.4 is 10.6 Å². The largest absolute Gasteiger partial charge is 0.461 e. The molecule has 8 heteroatoms. The first-order valence-corrected chi connectivity index (χ1v) is 9.72. The van der Waals surface area contributed by atoms with E-state index in [1.165, 1.54) is 0 Å². The molecule has 0 aromatic rings. The van der Waals surface area contributed by atoms with Gasteiger partial charge in [0.2, 0.25) is 0 Å². The molecular weight excluding hydrogens is 425 g/mol. The highest BCUT2D eigenvalue weighted by Gasteiger charge is 2.75. The third-order valence-corrected chi connectivity index (χ3v) is 7.29. The molecule has 1 saturated carbocycles. The van der Waals surface area contributed by atoms with Gasteiger partial charge in [0.05, 0.1) is 11.8 Å². The van der Waals surface area contributed by atoms with E-state index < -0.39 is 11.1 Å². The minimum absolute atomic E-state index is 0.0291. The summed E-state index contributed by atoms with van der Waals surface area (Å²) in [5.74, 6) is -0.395. The van der Waals surface area contributed by atoms with Crippen molar-refractivity contribution in [1.29, 1.82) is 0 Å². The van der Waals surface area contributed by atoms with Crippen molar-refractivity contribution in [3.63, 3.8) is 0 Å². The van der Waals surface area contributed by atoms with Crippen molar-refractivity contribution < 1.29 is 14.6 Å². The molecule has 0 amide bonds. The van der Waals surface area contributed by atoms with Gasteiger partial charge in [-0.05, 0) is 58.8 Å². The topological polar surface area (TPSA) is 120 Å². The molecule has 3 aliphatic rings. The van der Waals surface area contributed by atoms with Crippen LogP contribution in [0.25, 0.3) is 0 Å². The van der Waals surface area contributed by atoms with Crippen molar-refractivity contribution in [2.45, 2.75) is 80.0 Å². The van der Waals surface area contributed by atoms with Gasteiger partial charge < -0.3 is 9.84 Å². The number of nitrogens with zero attached hydrogens (tertiary/aromatic N) is 1. The maximum atomic E-state index is 12.4. The molecule has 0 spiro atoms. The number of hydrogen-bond acceptors (Lipinski definition) is 7. The highest BCUT2D eigenvalue weighted by Crippen LogP contribution is 2.47. The average Bonchev–Trinajstić information content (AvgIpc) is 3.35. The van der Waals surface area contributed by atoms with Gasteiger partial charge in [0.1, 0.15) is 21.2 Å². The maximum Gasteiger partial charge on any atom is 0.322 e. The van der Waals surface area contributed by atoms with Crippen molar-refractivity contribution in [3.05, 3.63) is 4.91 Å². The Morgan fingerprint density at radius 2 is 1.88 bits per heavy atom. The second kappa shape index (κ2) is 5.85. The molecule has 2 heterocycles. The summed E-state index contributed by atoms with van der Waals surface area (Å²) in [5.41, 5.74) is -1.94. The summed E-state index contributed by atoms with van der Waals surface area (Å²) < 4.78 is 5.46. The van der Waals surface area contributed by atoms with E-state index in [-0.39, 0.29) is 39.7 Å². The zero-order chi connectivity index (χ0) is 17.9. The number of rotatable bonds is 6. The van der Waals surface area contributed by atoms with Crippen LogP contribution >= 0.6 is 22.6 Å². The molecule has 3 N–H and O–H groups in total. The standard InChI is InChI=1S/C16H26IN3O4/c1-14(2,20-23)9-6-5-8(7-10(9)15(3,4)22)24-12(21)11(17)16-13(18-16)19-16/h8-11,13,18-19,22H,5-7H2,1-4H3. The fourth-order valence-electron chi connectivity index (χ4n) is 4.03. The van der Waals surface area contributed by atoms with Gasteiger partial charge in [-0.2, -0.15) is 4.91 Å². The van der Waals surface area contributed by atoms with Gasteiger partial charge in [-0.1, -0.05) is 27.8 Å². The van der Waals surface area contributed by atoms with Crippen LogP contribution in [0, 0.1) is 16.7 Å². The van der Waals surface area contributed by atoms with Crippen LogP contribution in [0.4, 0.5) is 0 Å². The summed E-state index contributed by atoms with van der Waals surface area (Å²) in [4.78, 5) is 23.6. The Morgan fingerprint density at radius 3 is 2.33 bits per heavy atom. The Balaban J connectivity index is 1.65. The zero-order valence-corrected chi connectivity index (χ0v) is 16.7. The Hall–Kier alpha value is -0.320. The van der Waals surface area contributed by atoms with E-state index in [1.807, 2.05) is 13.8 Å². The number of esters is 1. The molecule has 2 aliphatic heterocycles. The third-order valence-electron chi connectivity index (χ3n) is 5.80. The van der Waals surface area contributed by atoms with E-state index in [9.17, 15) is 14.8 Å². The lowest BCUT2D eigenvalue weighted by Gasteiger charge is -2.46. The van der Waals surface area contributed by atoms with Gasteiger partial charge in [-0.15, -0.1) is 0 Å². The number of nitrogens with one attached hydrogen (secondary N) is 2. The summed E-state index contributed by atoms with van der Waals surface area (Å²) in [6.45, 7) is 7.13. The van der Waals surface area contributed by atoms with Crippen molar-refractivity contribution >= 4 is 28.6 Å². The second-order valence-electron chi connectivity index (χ2n) is 8.44. The normalized spacial score (nSPS) is 39.6. The monoisotopic (exact) mass is 451 g/mol. The van der Waals surface area contributed by atoms with E-state index >= 15 is 0 Å². The molecule has 0 bridgehead atoms. The number of halogens is 1. The van der Waals surface area contributed by atoms with Crippen LogP contribution in [0.5, 0.6) is 0 Å². The van der Waals surface area contributed by atoms with Gasteiger partial charge in [0.25, 0.3) is 0 Å². The van der Waals surface area contributed by atoms with Crippen LogP contribution in [0.1, 0.15) is 47.0 Å². The lowest BCUT2D eigenvalue weighted by molar-refractivity contribution is -0.155. The van der Waals surface area contributed by atoms with E-state index in [2.05, 4.69) is 38.4 Å². The summed E-state index contributed by atoms with van der Waals surface area (Å²) in [7, 11) is 0. The molecule has 4 atom stereocenters. The van der Waals surface area contributed by atoms with E-state index in [4.69, 9.17) is 4.74 Å². The van der Waals surface area contributed by atoms with Crippen LogP contribution in [0.3, 0.4) is 0 Å². The van der Waals surface area contributed by atoms with Gasteiger partial charge >= 0.3 is 5.97 Å². The number of aliphatic hydroxyl groups is 1. The van der Waals surface area contributed by atoms with E-state index in [1.54, 1.807) is 13.8 Å². The van der Waals surface area contributed by atoms with Crippen molar-refractivity contribution in [2.24, 2.45) is 17.0 Å². The number of nitroso groups, excluding NO2 is 1. The Kier molecular flexibility index (Phi) is 4.50. The van der Waals surface area contributed by atoms with E-state index in [0.29, 0.717) is 19.3 Å². The highest BCUT2D eigenvalue weighted by molar-refractivity contribution is 14.1. The molecule has 2 saturated heterocycles. The minimum atomic E-state index is -0.957. The first-order chi connectivity index (χ1) is 11.0. The predicted octanol–water partition coefficient (Wildman–Crippen LogP) is 1.66. The molecule has 0 radical (unpaired) electrons. The van der Waals surface area contributed by atoms with Crippen LogP contribution in [-0.4, -0.2) is 44.1 Å². The Bertz CT molecular complexity index is 542. The van der Waals surface area contributed by atoms with E-state index in [0.717, 1.165) is 0 Å². The molecule has 136 valence electrons. The molecule has 0 aromatic heterocycles. The second-order valence-corrected chi connectivity index (χ2v) is 9.68. The number of fused-ring (bicyclic) bond motifs is 1. The quantitative estimate of drug-likeness (QED) is 0.186. The van der Waals surface area contributed by atoms with Crippen LogP contribution in [0.2, 0.25) is 0 Å². The molecule has 1 aliphatic carbocycles. The number of ether oxygens (including phenoxy) is 1. The maximum absolute atomic E-state index is 12.4. The molecule has 0 aromatic carbocycles. The minimum Gasteiger partial charge on any atom is -0.461 e. The summed E-state index contributed by atoms with van der Waals surface area (Å²) in [6.07, 6.45) is 1.99. The number of hydrogen-bond donors (Lipinski definition) is 3. The Morgan fingerprint density at radius 1 is 1.29 bits per heavy atom. The average molecular weight is 451 g/mol. The van der Waals surface area contributed by atoms with Crippen LogP contribution in [-0.2, 0) is 9.53 Å². The fraction of sp³-hybridized carbons (Fsp3) is 0.938. The predicted molar refractivity (Wildman–Crippen MR) is 97.5 cm³/mol. The number of carbonyl (C=O) groups is 1. The summed E-state index contributed by atoms with van der Waals surface area (Å²) >= 11 is 2.11. The SMILES string of the molecule is CC(C)(O)C1CC(OC(=O)C(I)C23NC2N3)CCC1C(C)(C)N=O. The van der Waals surface area contributed by atoms with Crippen molar-refractivity contribution in [1.82, 2.24) is 10.6 Å². The summed E-state index contributed by atoms with van der Waals surface area (Å²) in [5, 5.41) is 20.2. The molecule has 3 rings (SSSR count). The highest BCUT2D eigenvalue weighted by atomic mass is 127. The van der Waals surface area contributed by atoms with Crippen molar-refractivity contribution in [2.75, 3.05) is 0 Å². The smallest absolute Gasteiger partial charge is 0.322 e.